The molecule has 38 heavy (non-hydrogen) atoms. The lowest BCUT2D eigenvalue weighted by atomic mass is 10.1. The van der Waals surface area contributed by atoms with Gasteiger partial charge in [0.25, 0.3) is 0 Å². The van der Waals surface area contributed by atoms with Crippen LogP contribution in [0.25, 0.3) is 38.9 Å². The van der Waals surface area contributed by atoms with E-state index in [-0.39, 0.29) is 10.8 Å². The van der Waals surface area contributed by atoms with E-state index in [1.165, 1.54) is 28.9 Å². The normalized spacial score (nSPS) is 12.2. The number of hydrogen-bond donors (Lipinski definition) is 0. The maximum atomic E-state index is 13.8. The van der Waals surface area contributed by atoms with Crippen molar-refractivity contribution in [1.29, 1.82) is 0 Å². The fourth-order valence-electron chi connectivity index (χ4n) is 4.25. The van der Waals surface area contributed by atoms with Crippen molar-refractivity contribution >= 4 is 26.7 Å². The van der Waals surface area contributed by atoms with E-state index < -0.39 is 10.0 Å². The first-order chi connectivity index (χ1) is 18.3. The zero-order valence-electron chi connectivity index (χ0n) is 20.6. The van der Waals surface area contributed by atoms with Crippen LogP contribution in [0.3, 0.4) is 0 Å². The topological polar surface area (TPSA) is 103 Å². The first-order valence-corrected chi connectivity index (χ1v) is 13.2. The molecule has 0 unspecified atom stereocenters. The molecule has 1 aromatic carbocycles. The summed E-state index contributed by atoms with van der Waals surface area (Å²) in [4.78, 5) is 10.8. The quantitative estimate of drug-likeness (QED) is 0.311. The Kier molecular flexibility index (Phi) is 5.77. The molecule has 12 heteroatoms. The number of nitrogens with zero attached hydrogens (tertiary/aromatic N) is 8. The minimum absolute atomic E-state index is 0.0716. The van der Waals surface area contributed by atoms with Gasteiger partial charge in [0.05, 0.1) is 25.1 Å². The van der Waals surface area contributed by atoms with Crippen LogP contribution in [0.1, 0.15) is 0 Å². The molecule has 5 heterocycles. The number of likely N-dealkylation sites (N-methyl/N-ethyl adjacent to an activating group) is 1. The lowest BCUT2D eigenvalue weighted by Crippen LogP contribution is -2.18. The van der Waals surface area contributed by atoms with E-state index in [4.69, 9.17) is 0 Å². The first kappa shape index (κ1) is 23.9. The van der Waals surface area contributed by atoms with Crippen LogP contribution in [-0.2, 0) is 16.6 Å². The number of hydrogen-bond acceptors (Lipinski definition) is 7. The Balaban J connectivity index is 1.41. The highest BCUT2D eigenvalue weighted by atomic mass is 32.2. The smallest absolute Gasteiger partial charge is 0.301 e. The van der Waals surface area contributed by atoms with Gasteiger partial charge in [0, 0.05) is 36.3 Å². The van der Waals surface area contributed by atoms with E-state index in [1.54, 1.807) is 48.9 Å². The van der Waals surface area contributed by atoms with Gasteiger partial charge in [-0.25, -0.2) is 9.37 Å². The highest BCUT2D eigenvalue weighted by Gasteiger charge is 2.25. The van der Waals surface area contributed by atoms with Gasteiger partial charge in [-0.3, -0.25) is 14.1 Å². The van der Waals surface area contributed by atoms with Gasteiger partial charge in [-0.1, -0.05) is 12.1 Å². The maximum absolute atomic E-state index is 13.8. The highest BCUT2D eigenvalue weighted by molar-refractivity contribution is 7.90. The summed E-state index contributed by atoms with van der Waals surface area (Å²) in [5.74, 6) is -0.379. The van der Waals surface area contributed by atoms with Crippen LogP contribution < -0.4 is 0 Å². The van der Waals surface area contributed by atoms with Gasteiger partial charge in [0.15, 0.2) is 5.03 Å². The van der Waals surface area contributed by atoms with Crippen LogP contribution in [0.4, 0.5) is 4.39 Å². The zero-order valence-corrected chi connectivity index (χ0v) is 21.4. The van der Waals surface area contributed by atoms with Crippen molar-refractivity contribution in [3.8, 4) is 22.3 Å². The van der Waals surface area contributed by atoms with Crippen molar-refractivity contribution in [2.45, 2.75) is 11.6 Å². The van der Waals surface area contributed by atoms with E-state index in [0.29, 0.717) is 27.8 Å². The summed E-state index contributed by atoms with van der Waals surface area (Å²) >= 11 is 0. The van der Waals surface area contributed by atoms with Gasteiger partial charge >= 0.3 is 10.0 Å². The predicted molar refractivity (Wildman–Crippen MR) is 140 cm³/mol. The fourth-order valence-corrected chi connectivity index (χ4v) is 5.58. The Hall–Kier alpha value is -4.42. The zero-order chi connectivity index (χ0) is 26.4. The Labute approximate surface area is 217 Å². The van der Waals surface area contributed by atoms with Crippen LogP contribution in [0, 0.1) is 5.82 Å². The molecule has 192 valence electrons. The van der Waals surface area contributed by atoms with E-state index in [1.807, 2.05) is 25.0 Å². The van der Waals surface area contributed by atoms with E-state index >= 15 is 0 Å². The minimum atomic E-state index is -4.16. The molecule has 0 aliphatic heterocycles. The van der Waals surface area contributed by atoms with Gasteiger partial charge < -0.3 is 4.90 Å². The van der Waals surface area contributed by atoms with Gasteiger partial charge in [-0.15, -0.1) is 0 Å². The second-order valence-corrected chi connectivity index (χ2v) is 10.9. The van der Waals surface area contributed by atoms with E-state index in [0.717, 1.165) is 28.3 Å². The molecule has 0 bridgehead atoms. The first-order valence-electron chi connectivity index (χ1n) is 11.8. The van der Waals surface area contributed by atoms with Crippen LogP contribution in [0.2, 0.25) is 0 Å². The molecular weight excluding hydrogens is 507 g/mol. The molecule has 0 N–H and O–H groups in total. The maximum Gasteiger partial charge on any atom is 0.301 e. The van der Waals surface area contributed by atoms with E-state index in [2.05, 4.69) is 25.1 Å². The summed E-state index contributed by atoms with van der Waals surface area (Å²) in [7, 11) is -0.167. The SMILES string of the molecule is CN(C)CCn1cc(-c2cnc3cnn(S(=O)(=O)c4cnc5ccc(-c6cccc(F)c6)cn45)c3c2)cn1. The molecule has 0 saturated carbocycles. The Morgan fingerprint density at radius 3 is 2.55 bits per heavy atom. The molecule has 0 radical (unpaired) electrons. The fraction of sp³-hybridized carbons (Fsp3) is 0.154. The lowest BCUT2D eigenvalue weighted by Gasteiger charge is -2.09. The van der Waals surface area contributed by atoms with Gasteiger partial charge in [0.2, 0.25) is 0 Å². The summed E-state index contributed by atoms with van der Waals surface area (Å²) in [6.45, 7) is 1.56. The number of benzene rings is 1. The average Bonchev–Trinajstić information content (AvgIpc) is 3.65. The summed E-state index contributed by atoms with van der Waals surface area (Å²) in [6, 6.07) is 11.3. The third-order valence-corrected chi connectivity index (χ3v) is 7.83. The van der Waals surface area contributed by atoms with Gasteiger partial charge in [0.1, 0.15) is 22.5 Å². The standard InChI is InChI=1S/C26H23FN8O2S/c1-32(2)8-9-33-16-21(13-30-33)20-11-24-23(28-12-20)14-31-35(24)38(36,37)26-15-29-25-7-6-19(17-34(25)26)18-4-3-5-22(27)10-18/h3-7,10-17H,8-9H2,1-2H3. The summed E-state index contributed by atoms with van der Waals surface area (Å²) in [5, 5.41) is 8.49. The number of rotatable bonds is 7. The van der Waals surface area contributed by atoms with Crippen molar-refractivity contribution in [3.63, 3.8) is 0 Å². The van der Waals surface area contributed by atoms with Gasteiger partial charge in [-0.2, -0.15) is 22.7 Å². The molecule has 10 nitrogen and oxygen atoms in total. The van der Waals surface area contributed by atoms with Crippen LogP contribution in [0.15, 0.2) is 84.7 Å². The van der Waals surface area contributed by atoms with Crippen LogP contribution >= 0.6 is 0 Å². The number of halogens is 1. The molecule has 6 aromatic rings. The third kappa shape index (κ3) is 4.23. The summed E-state index contributed by atoms with van der Waals surface area (Å²) < 4.78 is 45.7. The third-order valence-electron chi connectivity index (χ3n) is 6.25. The number of fused-ring (bicyclic) bond motifs is 2. The Morgan fingerprint density at radius 1 is 0.868 bits per heavy atom. The summed E-state index contributed by atoms with van der Waals surface area (Å²) in [6.07, 6.45) is 9.64. The Morgan fingerprint density at radius 2 is 1.74 bits per heavy atom. The highest BCUT2D eigenvalue weighted by Crippen LogP contribution is 2.27. The van der Waals surface area contributed by atoms with Gasteiger partial charge in [-0.05, 0) is 55.6 Å². The predicted octanol–water partition coefficient (Wildman–Crippen LogP) is 3.55. The molecule has 5 aromatic heterocycles. The summed E-state index contributed by atoms with van der Waals surface area (Å²) in [5.41, 5.74) is 4.01. The molecule has 0 amide bonds. The average molecular weight is 531 g/mol. The van der Waals surface area contributed by atoms with Crippen LogP contribution in [-0.4, -0.2) is 67.3 Å². The van der Waals surface area contributed by atoms with Crippen molar-refractivity contribution in [2.24, 2.45) is 0 Å². The molecule has 0 aliphatic rings. The second-order valence-electron chi connectivity index (χ2n) is 9.17. The van der Waals surface area contributed by atoms with Crippen LogP contribution in [0.5, 0.6) is 0 Å². The van der Waals surface area contributed by atoms with Crippen molar-refractivity contribution in [3.05, 3.63) is 85.5 Å². The van der Waals surface area contributed by atoms with Crippen molar-refractivity contribution in [1.82, 2.24) is 38.2 Å². The molecule has 0 atom stereocenters. The molecule has 0 fully saturated rings. The number of pyridine rings is 2. The molecule has 0 aliphatic carbocycles. The number of aromatic nitrogens is 7. The lowest BCUT2D eigenvalue weighted by molar-refractivity contribution is 0.373. The largest absolute Gasteiger partial charge is 0.308 e. The molecular formula is C26H23FN8O2S. The second kappa shape index (κ2) is 9.15. The van der Waals surface area contributed by atoms with E-state index in [9.17, 15) is 12.8 Å². The van der Waals surface area contributed by atoms with Crippen molar-refractivity contribution in [2.75, 3.05) is 20.6 Å². The minimum Gasteiger partial charge on any atom is -0.308 e. The molecule has 0 saturated heterocycles. The Bertz CT molecular complexity index is 1910. The molecule has 0 spiro atoms. The molecule has 6 rings (SSSR count). The monoisotopic (exact) mass is 530 g/mol. The number of imidazole rings is 1. The van der Waals surface area contributed by atoms with Crippen molar-refractivity contribution < 1.29 is 12.8 Å².